The fourth-order valence-corrected chi connectivity index (χ4v) is 4.66. The van der Waals surface area contributed by atoms with Gasteiger partial charge in [-0.25, -0.2) is 9.59 Å². The average Bonchev–Trinajstić information content (AvgIpc) is 2.83. The maximum atomic E-state index is 13.8. The molecule has 1 N–H and O–H groups in total. The largest absolute Gasteiger partial charge is 0.479 e. The van der Waals surface area contributed by atoms with Crippen molar-refractivity contribution in [1.82, 2.24) is 4.90 Å². The zero-order valence-electron chi connectivity index (χ0n) is 24.9. The van der Waals surface area contributed by atoms with Crippen LogP contribution in [0, 0.1) is 11.8 Å². The summed E-state index contributed by atoms with van der Waals surface area (Å²) in [6.45, 7) is 15.2. The van der Waals surface area contributed by atoms with Gasteiger partial charge in [-0.1, -0.05) is 89.2 Å². The molecule has 0 aromatic heterocycles. The van der Waals surface area contributed by atoms with E-state index in [4.69, 9.17) is 9.47 Å². The van der Waals surface area contributed by atoms with E-state index in [0.717, 1.165) is 21.6 Å². The Balaban J connectivity index is 2.61. The first kappa shape index (κ1) is 31.9. The third-order valence-corrected chi connectivity index (χ3v) is 6.70. The zero-order chi connectivity index (χ0) is 29.6. The van der Waals surface area contributed by atoms with E-state index in [0.29, 0.717) is 0 Å². The fraction of sp³-hybridized carbons (Fsp3) is 0.531. The molecule has 0 aliphatic rings. The second-order valence-electron chi connectivity index (χ2n) is 12.7. The Morgan fingerprint density at radius 1 is 0.872 bits per heavy atom. The monoisotopic (exact) mass is 539 g/mol. The molecule has 0 unspecified atom stereocenters. The molecule has 7 heteroatoms. The van der Waals surface area contributed by atoms with Crippen LogP contribution < -0.4 is 0 Å². The van der Waals surface area contributed by atoms with Crippen molar-refractivity contribution in [1.29, 1.82) is 0 Å². The van der Waals surface area contributed by atoms with E-state index in [1.54, 1.807) is 20.8 Å². The third-order valence-electron chi connectivity index (χ3n) is 6.70. The van der Waals surface area contributed by atoms with E-state index in [1.165, 1.54) is 7.05 Å². The number of benzene rings is 2. The van der Waals surface area contributed by atoms with Crippen molar-refractivity contribution < 1.29 is 29.0 Å². The molecule has 2 aromatic rings. The summed E-state index contributed by atoms with van der Waals surface area (Å²) in [7, 11) is 1.39. The van der Waals surface area contributed by atoms with Crippen LogP contribution >= 0.6 is 0 Å². The molecule has 0 heterocycles. The summed E-state index contributed by atoms with van der Waals surface area (Å²) in [4.78, 5) is 41.4. The highest BCUT2D eigenvalue weighted by atomic mass is 16.6. The molecular weight excluding hydrogens is 494 g/mol. The van der Waals surface area contributed by atoms with Crippen LogP contribution in [0.3, 0.4) is 0 Å². The molecule has 0 saturated heterocycles. The molecule has 1 amide bonds. The van der Waals surface area contributed by atoms with Crippen LogP contribution in [0.15, 0.2) is 54.6 Å². The summed E-state index contributed by atoms with van der Waals surface area (Å²) in [5, 5.41) is 10.8. The van der Waals surface area contributed by atoms with Crippen molar-refractivity contribution in [2.45, 2.75) is 91.4 Å². The van der Waals surface area contributed by atoms with E-state index in [9.17, 15) is 19.5 Å². The second-order valence-corrected chi connectivity index (χ2v) is 12.7. The molecule has 7 nitrogen and oxygen atoms in total. The van der Waals surface area contributed by atoms with Gasteiger partial charge < -0.3 is 14.6 Å². The van der Waals surface area contributed by atoms with Crippen LogP contribution in [0.2, 0.25) is 0 Å². The number of likely N-dealkylation sites (N-methyl/N-ethyl adjacent to an activating group) is 1. The van der Waals surface area contributed by atoms with Gasteiger partial charge in [0.05, 0.1) is 5.92 Å². The molecule has 0 saturated carbocycles. The van der Waals surface area contributed by atoms with Gasteiger partial charge in [0.15, 0.2) is 5.54 Å². The number of carbonyl (C=O) groups excluding carboxylic acids is 2. The van der Waals surface area contributed by atoms with Crippen LogP contribution in [-0.2, 0) is 37.5 Å². The highest BCUT2D eigenvalue weighted by Gasteiger charge is 2.56. The highest BCUT2D eigenvalue weighted by molar-refractivity contribution is 5.91. The average molecular weight is 540 g/mol. The van der Waals surface area contributed by atoms with Gasteiger partial charge in [-0.2, -0.15) is 0 Å². The molecule has 214 valence electrons. The van der Waals surface area contributed by atoms with Gasteiger partial charge in [0.1, 0.15) is 12.2 Å². The number of esters is 1. The number of hydrogen-bond donors (Lipinski definition) is 1. The Bertz CT molecular complexity index is 1110. The molecule has 0 aliphatic heterocycles. The molecule has 0 bridgehead atoms. The zero-order valence-corrected chi connectivity index (χ0v) is 24.9. The number of hydrogen-bond acceptors (Lipinski definition) is 5. The third kappa shape index (κ3) is 8.57. The van der Waals surface area contributed by atoms with E-state index in [1.807, 2.05) is 68.4 Å². The quantitative estimate of drug-likeness (QED) is 0.341. The van der Waals surface area contributed by atoms with Gasteiger partial charge in [0.2, 0.25) is 0 Å². The Labute approximate surface area is 233 Å². The predicted molar refractivity (Wildman–Crippen MR) is 152 cm³/mol. The minimum atomic E-state index is -1.91. The molecule has 0 fully saturated rings. The van der Waals surface area contributed by atoms with Gasteiger partial charge in [-0.15, -0.1) is 0 Å². The first-order chi connectivity index (χ1) is 18.0. The van der Waals surface area contributed by atoms with E-state index in [2.05, 4.69) is 20.8 Å². The molecule has 0 aliphatic carbocycles. The Hall–Kier alpha value is -3.35. The van der Waals surface area contributed by atoms with E-state index < -0.39 is 35.1 Å². The van der Waals surface area contributed by atoms with Crippen LogP contribution in [0.25, 0.3) is 0 Å². The predicted octanol–water partition coefficient (Wildman–Crippen LogP) is 6.62. The summed E-state index contributed by atoms with van der Waals surface area (Å²) in [6, 6.07) is 17.0. The Morgan fingerprint density at radius 3 is 1.90 bits per heavy atom. The number of rotatable bonds is 10. The van der Waals surface area contributed by atoms with Crippen LogP contribution in [0.1, 0.15) is 78.5 Å². The first-order valence-corrected chi connectivity index (χ1v) is 13.5. The van der Waals surface area contributed by atoms with Crippen LogP contribution in [0.4, 0.5) is 4.79 Å². The molecular formula is C32H45NO6. The number of carboxylic acid groups (broad SMARTS) is 1. The molecule has 2 rings (SSSR count). The summed E-state index contributed by atoms with van der Waals surface area (Å²) in [5.41, 5.74) is -0.147. The minimum Gasteiger partial charge on any atom is -0.479 e. The molecule has 0 spiro atoms. The van der Waals surface area contributed by atoms with Crippen molar-refractivity contribution in [3.63, 3.8) is 0 Å². The van der Waals surface area contributed by atoms with Crippen LogP contribution in [0.5, 0.6) is 0 Å². The Morgan fingerprint density at radius 2 is 1.44 bits per heavy atom. The summed E-state index contributed by atoms with van der Waals surface area (Å²) >= 11 is 0. The van der Waals surface area contributed by atoms with Crippen LogP contribution in [-0.4, -0.2) is 46.2 Å². The smallest absolute Gasteiger partial charge is 0.411 e. The first-order valence-electron chi connectivity index (χ1n) is 13.5. The summed E-state index contributed by atoms with van der Waals surface area (Å²) in [6.07, 6.45) is -0.706. The van der Waals surface area contributed by atoms with E-state index in [-0.39, 0.29) is 30.8 Å². The number of ether oxygens (including phenoxy) is 2. The minimum absolute atomic E-state index is 0.00728. The number of amides is 1. The lowest BCUT2D eigenvalue weighted by Gasteiger charge is -2.44. The molecule has 39 heavy (non-hydrogen) atoms. The lowest BCUT2D eigenvalue weighted by molar-refractivity contribution is -0.169. The van der Waals surface area contributed by atoms with Gasteiger partial charge >= 0.3 is 18.0 Å². The maximum absolute atomic E-state index is 13.8. The van der Waals surface area contributed by atoms with Gasteiger partial charge in [-0.05, 0) is 61.6 Å². The lowest BCUT2D eigenvalue weighted by Crippen LogP contribution is -2.63. The molecule has 2 atom stereocenters. The standard InChI is InChI=1S/C32H45NO6/c1-22(2)20-32(28(35)36,33(9)29(37)39-31(6,7)8)26(27(34)38-21-24-13-11-10-12-14-24)19-23-15-17-25(18-16-23)30(3,4)5/h10-18,22,26H,19-21H2,1-9H3,(H,35,36)/t26-,32-/m0/s1. The number of carboxylic acids is 1. The topological polar surface area (TPSA) is 93.1 Å². The molecule has 2 aromatic carbocycles. The SMILES string of the molecule is CC(C)C[C@@](C(=O)O)([C@@H](Cc1ccc(C(C)(C)C)cc1)C(=O)OCc1ccccc1)N(C)C(=O)OC(C)(C)C. The van der Waals surface area contributed by atoms with Gasteiger partial charge in [-0.3, -0.25) is 9.69 Å². The second kappa shape index (κ2) is 12.7. The van der Waals surface area contributed by atoms with Crippen molar-refractivity contribution >= 4 is 18.0 Å². The lowest BCUT2D eigenvalue weighted by atomic mass is 9.73. The number of nitrogens with zero attached hydrogens (tertiary/aromatic N) is 1. The summed E-state index contributed by atoms with van der Waals surface area (Å²) < 4.78 is 11.3. The van der Waals surface area contributed by atoms with Crippen molar-refractivity contribution in [3.05, 3.63) is 71.3 Å². The molecule has 0 radical (unpaired) electrons. The van der Waals surface area contributed by atoms with Gasteiger partial charge in [0, 0.05) is 7.05 Å². The van der Waals surface area contributed by atoms with Gasteiger partial charge in [0.25, 0.3) is 0 Å². The normalized spacial score (nSPS) is 14.3. The fourth-order valence-electron chi connectivity index (χ4n) is 4.66. The maximum Gasteiger partial charge on any atom is 0.411 e. The van der Waals surface area contributed by atoms with Crippen molar-refractivity contribution in [2.24, 2.45) is 11.8 Å². The van der Waals surface area contributed by atoms with Crippen molar-refractivity contribution in [2.75, 3.05) is 7.05 Å². The number of aliphatic carboxylic acids is 1. The Kier molecular flexibility index (Phi) is 10.4. The highest BCUT2D eigenvalue weighted by Crippen LogP contribution is 2.37. The van der Waals surface area contributed by atoms with E-state index >= 15 is 0 Å². The van der Waals surface area contributed by atoms with Crippen molar-refractivity contribution in [3.8, 4) is 0 Å². The number of carbonyl (C=O) groups is 3. The summed E-state index contributed by atoms with van der Waals surface area (Å²) in [5.74, 6) is -3.31.